The lowest BCUT2D eigenvalue weighted by atomic mass is 9.89. The summed E-state index contributed by atoms with van der Waals surface area (Å²) in [6, 6.07) is 0.111. The van der Waals surface area contributed by atoms with Gasteiger partial charge in [-0.25, -0.2) is 9.36 Å². The third-order valence-corrected chi connectivity index (χ3v) is 3.98. The van der Waals surface area contributed by atoms with Crippen LogP contribution in [0.15, 0.2) is 18.7 Å². The summed E-state index contributed by atoms with van der Waals surface area (Å²) in [5, 5.41) is 0. The van der Waals surface area contributed by atoms with Crippen molar-refractivity contribution in [1.82, 2.24) is 9.47 Å². The molecule has 1 aromatic rings. The Morgan fingerprint density at radius 3 is 2.72 bits per heavy atom. The first-order chi connectivity index (χ1) is 8.58. The predicted octanol–water partition coefficient (Wildman–Crippen LogP) is 2.04. The molecule has 1 amide bonds. The van der Waals surface area contributed by atoms with E-state index >= 15 is 0 Å². The van der Waals surface area contributed by atoms with Crippen molar-refractivity contribution in [3.8, 4) is 0 Å². The molecule has 0 radical (unpaired) electrons. The van der Waals surface area contributed by atoms with Crippen LogP contribution in [-0.2, 0) is 7.05 Å². The van der Waals surface area contributed by atoms with Crippen LogP contribution in [0.2, 0.25) is 0 Å². The van der Waals surface area contributed by atoms with Gasteiger partial charge in [-0.05, 0) is 31.1 Å². The van der Waals surface area contributed by atoms with E-state index in [1.807, 2.05) is 35.2 Å². The number of hydrogen-bond donors (Lipinski definition) is 0. The van der Waals surface area contributed by atoms with Crippen molar-refractivity contribution in [1.29, 1.82) is 0 Å². The first-order valence-corrected chi connectivity index (χ1v) is 6.90. The fourth-order valence-corrected chi connectivity index (χ4v) is 2.71. The monoisotopic (exact) mass is 250 g/mol. The maximum absolute atomic E-state index is 12.3. The molecule has 1 atom stereocenters. The topological polar surface area (TPSA) is 29.1 Å². The van der Waals surface area contributed by atoms with Gasteiger partial charge in [0.15, 0.2) is 0 Å². The molecule has 1 aliphatic rings. The summed E-state index contributed by atoms with van der Waals surface area (Å²) in [7, 11) is 1.93. The van der Waals surface area contributed by atoms with Gasteiger partial charge in [0.2, 0.25) is 0 Å². The van der Waals surface area contributed by atoms with Gasteiger partial charge in [-0.1, -0.05) is 13.8 Å². The van der Waals surface area contributed by atoms with Gasteiger partial charge in [-0.3, -0.25) is 0 Å². The van der Waals surface area contributed by atoms with Crippen molar-refractivity contribution in [2.24, 2.45) is 18.9 Å². The summed E-state index contributed by atoms with van der Waals surface area (Å²) in [4.78, 5) is 14.3. The van der Waals surface area contributed by atoms with Crippen LogP contribution in [0.3, 0.4) is 0 Å². The molecule has 2 heterocycles. The standard InChI is InChI=1S/C14H24N3O/c1-12(2)13-5-4-7-16(8-6-13)14(18)17-10-9-15(3)11-17/h9-13H,4-8H2,1-3H3/q+1. The number of carbonyl (C=O) groups is 1. The Morgan fingerprint density at radius 2 is 2.11 bits per heavy atom. The number of aryl methyl sites for hydroxylation is 1. The molecule has 0 N–H and O–H groups in total. The molecule has 0 aliphatic carbocycles. The highest BCUT2D eigenvalue weighted by Crippen LogP contribution is 2.24. The zero-order valence-electron chi connectivity index (χ0n) is 11.7. The maximum atomic E-state index is 12.3. The number of rotatable bonds is 1. The Balaban J connectivity index is 1.99. The highest BCUT2D eigenvalue weighted by molar-refractivity contribution is 5.76. The summed E-state index contributed by atoms with van der Waals surface area (Å²) in [5.74, 6) is 1.49. The van der Waals surface area contributed by atoms with Gasteiger partial charge < -0.3 is 4.90 Å². The highest BCUT2D eigenvalue weighted by Gasteiger charge is 2.25. The Labute approximate surface area is 109 Å². The Bertz CT molecular complexity index is 411. The van der Waals surface area contributed by atoms with E-state index in [1.165, 1.54) is 6.42 Å². The quantitative estimate of drug-likeness (QED) is 0.701. The second-order valence-corrected chi connectivity index (χ2v) is 5.69. The lowest BCUT2D eigenvalue weighted by Gasteiger charge is -2.19. The van der Waals surface area contributed by atoms with E-state index in [0.717, 1.165) is 37.8 Å². The average Bonchev–Trinajstić information content (AvgIpc) is 2.63. The summed E-state index contributed by atoms with van der Waals surface area (Å²) in [6.45, 7) is 6.36. The first kappa shape index (κ1) is 13.1. The van der Waals surface area contributed by atoms with E-state index < -0.39 is 0 Å². The van der Waals surface area contributed by atoms with E-state index in [1.54, 1.807) is 4.57 Å². The van der Waals surface area contributed by atoms with Crippen LogP contribution in [0.25, 0.3) is 0 Å². The first-order valence-electron chi connectivity index (χ1n) is 6.90. The minimum atomic E-state index is 0.111. The van der Waals surface area contributed by atoms with Crippen molar-refractivity contribution < 1.29 is 9.36 Å². The molecule has 1 saturated heterocycles. The van der Waals surface area contributed by atoms with E-state index in [9.17, 15) is 4.79 Å². The van der Waals surface area contributed by atoms with Crippen LogP contribution in [0.5, 0.6) is 0 Å². The Morgan fingerprint density at radius 1 is 1.33 bits per heavy atom. The van der Waals surface area contributed by atoms with E-state index in [-0.39, 0.29) is 6.03 Å². The molecular weight excluding hydrogens is 226 g/mol. The van der Waals surface area contributed by atoms with Crippen LogP contribution in [0.4, 0.5) is 4.79 Å². The number of likely N-dealkylation sites (tertiary alicyclic amines) is 1. The third kappa shape index (κ3) is 2.92. The van der Waals surface area contributed by atoms with Crippen LogP contribution < -0.4 is 4.57 Å². The highest BCUT2D eigenvalue weighted by atomic mass is 16.2. The smallest absolute Gasteiger partial charge is 0.304 e. The van der Waals surface area contributed by atoms with Crippen LogP contribution in [0, 0.1) is 11.8 Å². The van der Waals surface area contributed by atoms with Gasteiger partial charge >= 0.3 is 6.03 Å². The molecule has 0 aromatic carbocycles. The van der Waals surface area contributed by atoms with E-state index in [0.29, 0.717) is 0 Å². The number of imidazole rings is 1. The molecule has 4 heteroatoms. The minimum absolute atomic E-state index is 0.111. The van der Waals surface area contributed by atoms with Crippen molar-refractivity contribution in [3.05, 3.63) is 18.7 Å². The molecule has 0 spiro atoms. The molecule has 2 rings (SSSR count). The summed E-state index contributed by atoms with van der Waals surface area (Å²) in [5.41, 5.74) is 0. The molecule has 1 aromatic heterocycles. The Kier molecular flexibility index (Phi) is 4.04. The number of nitrogens with zero attached hydrogens (tertiary/aromatic N) is 3. The van der Waals surface area contributed by atoms with Gasteiger partial charge in [-0.15, -0.1) is 0 Å². The van der Waals surface area contributed by atoms with Crippen molar-refractivity contribution in [3.63, 3.8) is 0 Å². The van der Waals surface area contributed by atoms with Crippen LogP contribution >= 0.6 is 0 Å². The molecule has 4 nitrogen and oxygen atoms in total. The molecule has 1 aliphatic heterocycles. The predicted molar refractivity (Wildman–Crippen MR) is 70.2 cm³/mol. The molecule has 18 heavy (non-hydrogen) atoms. The number of hydrogen-bond acceptors (Lipinski definition) is 1. The van der Waals surface area contributed by atoms with E-state index in [4.69, 9.17) is 0 Å². The average molecular weight is 250 g/mol. The molecular formula is C14H24N3O+. The second-order valence-electron chi connectivity index (χ2n) is 5.69. The lowest BCUT2D eigenvalue weighted by molar-refractivity contribution is -0.670. The number of carbonyl (C=O) groups excluding carboxylic acids is 1. The van der Waals surface area contributed by atoms with E-state index in [2.05, 4.69) is 13.8 Å². The second kappa shape index (κ2) is 5.55. The molecule has 1 unspecified atom stereocenters. The summed E-state index contributed by atoms with van der Waals surface area (Å²) in [6.07, 6.45) is 9.06. The zero-order chi connectivity index (χ0) is 13.1. The molecule has 1 fully saturated rings. The molecule has 0 saturated carbocycles. The third-order valence-electron chi connectivity index (χ3n) is 3.98. The normalized spacial score (nSPS) is 21.1. The van der Waals surface area contributed by atoms with Crippen molar-refractivity contribution in [2.75, 3.05) is 13.1 Å². The zero-order valence-corrected chi connectivity index (χ0v) is 11.7. The number of amides is 1. The molecule has 0 bridgehead atoms. The molecule has 100 valence electrons. The largest absolute Gasteiger partial charge is 0.415 e. The summed E-state index contributed by atoms with van der Waals surface area (Å²) >= 11 is 0. The fraction of sp³-hybridized carbons (Fsp3) is 0.714. The van der Waals surface area contributed by atoms with Gasteiger partial charge in [0, 0.05) is 13.1 Å². The van der Waals surface area contributed by atoms with Gasteiger partial charge in [0.05, 0.1) is 7.05 Å². The maximum Gasteiger partial charge on any atom is 0.415 e. The van der Waals surface area contributed by atoms with Crippen LogP contribution in [0.1, 0.15) is 33.1 Å². The Hall–Kier alpha value is -1.32. The van der Waals surface area contributed by atoms with Crippen molar-refractivity contribution in [2.45, 2.75) is 33.1 Å². The fourth-order valence-electron chi connectivity index (χ4n) is 2.71. The van der Waals surface area contributed by atoms with Crippen LogP contribution in [-0.4, -0.2) is 28.6 Å². The van der Waals surface area contributed by atoms with Gasteiger partial charge in [0.25, 0.3) is 6.33 Å². The van der Waals surface area contributed by atoms with Gasteiger partial charge in [-0.2, -0.15) is 4.57 Å². The SMILES string of the molecule is CC(C)C1CCCN(C(=O)n2cc[n+](C)c2)CC1. The summed E-state index contributed by atoms with van der Waals surface area (Å²) < 4.78 is 3.57. The van der Waals surface area contributed by atoms with Gasteiger partial charge in [0.1, 0.15) is 12.4 Å². The lowest BCUT2D eigenvalue weighted by Crippen LogP contribution is -2.36. The minimum Gasteiger partial charge on any atom is -0.304 e. The number of aromatic nitrogens is 2. The van der Waals surface area contributed by atoms with Crippen molar-refractivity contribution >= 4 is 6.03 Å².